The minimum atomic E-state index is -0.0778. The van der Waals surface area contributed by atoms with E-state index in [1.54, 1.807) is 4.90 Å². The molecule has 0 bridgehead atoms. The second-order valence-corrected chi connectivity index (χ2v) is 9.81. The zero-order valence-electron chi connectivity index (χ0n) is 18.9. The summed E-state index contributed by atoms with van der Waals surface area (Å²) in [7, 11) is 0. The van der Waals surface area contributed by atoms with Gasteiger partial charge in [0.1, 0.15) is 12.4 Å². The fourth-order valence-corrected chi connectivity index (χ4v) is 4.84. The zero-order chi connectivity index (χ0) is 23.2. The van der Waals surface area contributed by atoms with Crippen LogP contribution in [0, 0.1) is 6.92 Å². The molecule has 5 heteroatoms. The van der Waals surface area contributed by atoms with Crippen molar-refractivity contribution in [2.45, 2.75) is 39.7 Å². The van der Waals surface area contributed by atoms with Crippen LogP contribution in [0.25, 0.3) is 6.08 Å². The second-order valence-electron chi connectivity index (χ2n) is 8.13. The maximum atomic E-state index is 13.1. The molecule has 0 N–H and O–H groups in total. The summed E-state index contributed by atoms with van der Waals surface area (Å²) in [4.78, 5) is 15.3. The molecule has 1 fully saturated rings. The highest BCUT2D eigenvalue weighted by Crippen LogP contribution is 2.36. The van der Waals surface area contributed by atoms with Crippen molar-refractivity contribution in [2.24, 2.45) is 0 Å². The third-order valence-electron chi connectivity index (χ3n) is 5.51. The van der Waals surface area contributed by atoms with Gasteiger partial charge in [-0.2, -0.15) is 0 Å². The first kappa shape index (κ1) is 23.3. The Morgan fingerprint density at radius 1 is 0.939 bits per heavy atom. The maximum absolute atomic E-state index is 13.1. The number of rotatable bonds is 8. The van der Waals surface area contributed by atoms with Gasteiger partial charge in [-0.05, 0) is 66.8 Å². The predicted octanol–water partition coefficient (Wildman–Crippen LogP) is 7.32. The Kier molecular flexibility index (Phi) is 7.63. The molecule has 0 unspecified atom stereocenters. The summed E-state index contributed by atoms with van der Waals surface area (Å²) in [6, 6.07) is 24.2. The van der Waals surface area contributed by atoms with Crippen molar-refractivity contribution in [1.29, 1.82) is 0 Å². The Bertz CT molecular complexity index is 1150. The van der Waals surface area contributed by atoms with Gasteiger partial charge in [-0.15, -0.1) is 0 Å². The number of thioether (sulfide) groups is 1. The molecule has 0 radical (unpaired) electrons. The van der Waals surface area contributed by atoms with Crippen molar-refractivity contribution in [2.75, 3.05) is 4.90 Å². The van der Waals surface area contributed by atoms with Crippen LogP contribution in [0.15, 0.2) is 77.7 Å². The Labute approximate surface area is 205 Å². The molecule has 168 valence electrons. The van der Waals surface area contributed by atoms with Crippen molar-refractivity contribution in [1.82, 2.24) is 0 Å². The lowest BCUT2D eigenvalue weighted by atomic mass is 10.1. The quantitative estimate of drug-likeness (QED) is 0.253. The summed E-state index contributed by atoms with van der Waals surface area (Å²) in [5, 5.41) is 0. The number of carbonyl (C=O) groups is 1. The summed E-state index contributed by atoms with van der Waals surface area (Å²) >= 11 is 6.85. The van der Waals surface area contributed by atoms with Gasteiger partial charge in [0.15, 0.2) is 4.32 Å². The molecule has 3 aromatic rings. The fraction of sp³-hybridized carbons (Fsp3) is 0.214. The van der Waals surface area contributed by atoms with Gasteiger partial charge in [0.05, 0.1) is 10.6 Å². The number of thiocarbonyl (C=S) groups is 1. The number of hydrogen-bond acceptors (Lipinski definition) is 4. The Morgan fingerprint density at radius 2 is 1.61 bits per heavy atom. The van der Waals surface area contributed by atoms with E-state index in [2.05, 4.69) is 50.2 Å². The van der Waals surface area contributed by atoms with Crippen molar-refractivity contribution in [3.8, 4) is 5.75 Å². The highest BCUT2D eigenvalue weighted by atomic mass is 32.2. The molecule has 1 saturated heterocycles. The summed E-state index contributed by atoms with van der Waals surface area (Å²) in [6.07, 6.45) is 5.28. The number of carbonyl (C=O) groups excluding carboxylic acids is 1. The zero-order valence-corrected chi connectivity index (χ0v) is 20.5. The lowest BCUT2D eigenvalue weighted by Crippen LogP contribution is -2.27. The second kappa shape index (κ2) is 10.8. The van der Waals surface area contributed by atoms with Gasteiger partial charge < -0.3 is 4.74 Å². The molecule has 1 aliphatic rings. The van der Waals surface area contributed by atoms with E-state index in [-0.39, 0.29) is 5.91 Å². The first-order valence-electron chi connectivity index (χ1n) is 11.2. The van der Waals surface area contributed by atoms with Crippen molar-refractivity contribution >= 4 is 46.0 Å². The average Bonchev–Trinajstić information content (AvgIpc) is 3.11. The highest BCUT2D eigenvalue weighted by Gasteiger charge is 2.33. The molecular weight excluding hydrogens is 446 g/mol. The Morgan fingerprint density at radius 3 is 2.27 bits per heavy atom. The lowest BCUT2D eigenvalue weighted by molar-refractivity contribution is -0.113. The monoisotopic (exact) mass is 473 g/mol. The van der Waals surface area contributed by atoms with Gasteiger partial charge in [0, 0.05) is 0 Å². The minimum Gasteiger partial charge on any atom is -0.489 e. The molecule has 3 nitrogen and oxygen atoms in total. The van der Waals surface area contributed by atoms with Crippen molar-refractivity contribution in [3.63, 3.8) is 0 Å². The number of nitrogens with zero attached hydrogens (tertiary/aromatic N) is 1. The number of benzene rings is 3. The van der Waals surface area contributed by atoms with Crippen molar-refractivity contribution in [3.05, 3.63) is 100.0 Å². The highest BCUT2D eigenvalue weighted by molar-refractivity contribution is 8.27. The first-order valence-corrected chi connectivity index (χ1v) is 12.4. The average molecular weight is 474 g/mol. The van der Waals surface area contributed by atoms with Gasteiger partial charge in [-0.3, -0.25) is 9.69 Å². The van der Waals surface area contributed by atoms with Crippen LogP contribution in [0.5, 0.6) is 5.75 Å². The molecule has 0 aliphatic carbocycles. The number of hydrogen-bond donors (Lipinski definition) is 0. The summed E-state index contributed by atoms with van der Waals surface area (Å²) < 4.78 is 6.44. The molecule has 0 spiro atoms. The number of amides is 1. The number of aryl methyl sites for hydroxylation is 2. The van der Waals surface area contributed by atoms with Crippen LogP contribution in [0.3, 0.4) is 0 Å². The van der Waals surface area contributed by atoms with Crippen LogP contribution in [-0.2, 0) is 17.8 Å². The number of anilines is 1. The van der Waals surface area contributed by atoms with E-state index >= 15 is 0 Å². The molecule has 4 rings (SSSR count). The van der Waals surface area contributed by atoms with Crippen LogP contribution >= 0.6 is 24.0 Å². The largest absolute Gasteiger partial charge is 0.489 e. The van der Waals surface area contributed by atoms with E-state index < -0.39 is 0 Å². The van der Waals surface area contributed by atoms with Crippen LogP contribution < -0.4 is 9.64 Å². The predicted molar refractivity (Wildman–Crippen MR) is 143 cm³/mol. The maximum Gasteiger partial charge on any atom is 0.270 e. The van der Waals surface area contributed by atoms with Crippen molar-refractivity contribution < 1.29 is 9.53 Å². The molecule has 0 aromatic heterocycles. The third-order valence-corrected chi connectivity index (χ3v) is 6.81. The smallest absolute Gasteiger partial charge is 0.270 e. The Balaban J connectivity index is 1.41. The standard InChI is InChI=1S/C28H27NO2S2/c1-3-4-5-21-10-14-24(15-11-21)29-27(30)26(33-28(29)32)18-22-12-16-25(17-13-22)31-19-23-8-6-20(2)7-9-23/h6-18H,3-5,19H2,1-2H3/b26-18-. The molecule has 0 saturated carbocycles. The molecule has 0 atom stereocenters. The van der Waals surface area contributed by atoms with E-state index in [1.165, 1.54) is 35.7 Å². The third kappa shape index (κ3) is 5.92. The van der Waals surface area contributed by atoms with E-state index in [1.807, 2.05) is 42.5 Å². The Hall–Kier alpha value is -2.89. The number of ether oxygens (including phenoxy) is 1. The summed E-state index contributed by atoms with van der Waals surface area (Å²) in [5.41, 5.74) is 5.41. The fourth-order valence-electron chi connectivity index (χ4n) is 3.55. The molecule has 1 heterocycles. The van der Waals surface area contributed by atoms with E-state index in [9.17, 15) is 4.79 Å². The normalized spacial score (nSPS) is 14.8. The lowest BCUT2D eigenvalue weighted by Gasteiger charge is -2.15. The van der Waals surface area contributed by atoms with E-state index in [4.69, 9.17) is 17.0 Å². The van der Waals surface area contributed by atoms with Gasteiger partial charge in [0.25, 0.3) is 5.91 Å². The van der Waals surface area contributed by atoms with Gasteiger partial charge in [-0.25, -0.2) is 0 Å². The van der Waals surface area contributed by atoms with Crippen LogP contribution in [-0.4, -0.2) is 10.2 Å². The van der Waals surface area contributed by atoms with Gasteiger partial charge in [0.2, 0.25) is 0 Å². The van der Waals surface area contributed by atoms with Crippen LogP contribution in [0.2, 0.25) is 0 Å². The molecule has 3 aromatic carbocycles. The van der Waals surface area contributed by atoms with Crippen LogP contribution in [0.4, 0.5) is 5.69 Å². The molecule has 1 amide bonds. The first-order chi connectivity index (χ1) is 16.0. The summed E-state index contributed by atoms with van der Waals surface area (Å²) in [5.74, 6) is 0.717. The van der Waals surface area contributed by atoms with Gasteiger partial charge >= 0.3 is 0 Å². The summed E-state index contributed by atoms with van der Waals surface area (Å²) in [6.45, 7) is 4.78. The van der Waals surface area contributed by atoms with E-state index in [0.717, 1.165) is 29.0 Å². The molecular formula is C28H27NO2S2. The SMILES string of the molecule is CCCCc1ccc(N2C(=O)/C(=C/c3ccc(OCc4ccc(C)cc4)cc3)SC2=S)cc1. The topological polar surface area (TPSA) is 29.5 Å². The van der Waals surface area contributed by atoms with Crippen LogP contribution in [0.1, 0.15) is 42.0 Å². The minimum absolute atomic E-state index is 0.0778. The molecule has 33 heavy (non-hydrogen) atoms. The number of unbranched alkanes of at least 4 members (excludes halogenated alkanes) is 1. The molecule has 1 aliphatic heterocycles. The van der Waals surface area contributed by atoms with Gasteiger partial charge in [-0.1, -0.05) is 91.4 Å². The van der Waals surface area contributed by atoms with E-state index in [0.29, 0.717) is 15.8 Å².